The molecule has 0 heterocycles. The standard InChI is InChI=1S/C16H18N2O2/c1-10-6-4-9-14(15(10)17)18-13-8-5-7-12(11(13)2)16(19)20-3/h4-9,18H,17H2,1-3H3. The second kappa shape index (κ2) is 5.65. The summed E-state index contributed by atoms with van der Waals surface area (Å²) in [5, 5.41) is 3.27. The molecule has 0 aromatic heterocycles. The van der Waals surface area contributed by atoms with Crippen molar-refractivity contribution in [2.24, 2.45) is 0 Å². The Morgan fingerprint density at radius 3 is 2.45 bits per heavy atom. The predicted molar refractivity (Wildman–Crippen MR) is 81.4 cm³/mol. The number of aryl methyl sites for hydroxylation is 1. The van der Waals surface area contributed by atoms with E-state index in [4.69, 9.17) is 10.5 Å². The molecule has 2 rings (SSSR count). The van der Waals surface area contributed by atoms with Gasteiger partial charge in [0.25, 0.3) is 0 Å². The van der Waals surface area contributed by atoms with Crippen molar-refractivity contribution in [2.45, 2.75) is 13.8 Å². The Labute approximate surface area is 118 Å². The summed E-state index contributed by atoms with van der Waals surface area (Å²) in [5.74, 6) is -0.344. The molecule has 0 saturated carbocycles. The average Bonchev–Trinajstić information content (AvgIpc) is 2.45. The fourth-order valence-electron chi connectivity index (χ4n) is 2.04. The number of benzene rings is 2. The van der Waals surface area contributed by atoms with Crippen LogP contribution in [0.15, 0.2) is 36.4 Å². The van der Waals surface area contributed by atoms with E-state index in [1.807, 2.05) is 44.2 Å². The van der Waals surface area contributed by atoms with Gasteiger partial charge in [-0.05, 0) is 43.2 Å². The van der Waals surface area contributed by atoms with Crippen LogP contribution in [0.3, 0.4) is 0 Å². The van der Waals surface area contributed by atoms with Crippen LogP contribution in [0.5, 0.6) is 0 Å². The van der Waals surface area contributed by atoms with E-state index in [1.54, 1.807) is 6.07 Å². The summed E-state index contributed by atoms with van der Waals surface area (Å²) in [4.78, 5) is 11.7. The van der Waals surface area contributed by atoms with Crippen LogP contribution in [0, 0.1) is 13.8 Å². The minimum Gasteiger partial charge on any atom is -0.465 e. The monoisotopic (exact) mass is 270 g/mol. The molecule has 20 heavy (non-hydrogen) atoms. The lowest BCUT2D eigenvalue weighted by molar-refractivity contribution is 0.0600. The molecule has 2 aromatic carbocycles. The van der Waals surface area contributed by atoms with E-state index in [0.717, 1.165) is 22.5 Å². The number of carbonyl (C=O) groups excluding carboxylic acids is 1. The summed E-state index contributed by atoms with van der Waals surface area (Å²) >= 11 is 0. The van der Waals surface area contributed by atoms with Crippen LogP contribution in [-0.4, -0.2) is 13.1 Å². The number of anilines is 3. The number of para-hydroxylation sites is 1. The maximum Gasteiger partial charge on any atom is 0.338 e. The molecule has 0 aliphatic carbocycles. The van der Waals surface area contributed by atoms with Crippen molar-refractivity contribution in [2.75, 3.05) is 18.2 Å². The fourth-order valence-corrected chi connectivity index (χ4v) is 2.04. The Morgan fingerprint density at radius 1 is 1.10 bits per heavy atom. The first-order valence-electron chi connectivity index (χ1n) is 6.34. The molecule has 0 amide bonds. The SMILES string of the molecule is COC(=O)c1cccc(Nc2cccc(C)c2N)c1C. The van der Waals surface area contributed by atoms with Crippen LogP contribution in [0.1, 0.15) is 21.5 Å². The van der Waals surface area contributed by atoms with Crippen molar-refractivity contribution in [3.8, 4) is 0 Å². The number of esters is 1. The molecule has 104 valence electrons. The number of hydrogen-bond donors (Lipinski definition) is 2. The van der Waals surface area contributed by atoms with E-state index in [0.29, 0.717) is 11.3 Å². The highest BCUT2D eigenvalue weighted by atomic mass is 16.5. The molecule has 3 N–H and O–H groups in total. The first-order chi connectivity index (χ1) is 9.54. The van der Waals surface area contributed by atoms with Crippen LogP contribution in [0.2, 0.25) is 0 Å². The van der Waals surface area contributed by atoms with Gasteiger partial charge in [0.2, 0.25) is 0 Å². The number of nitrogens with two attached hydrogens (primary N) is 1. The Balaban J connectivity index is 2.39. The Bertz CT molecular complexity index is 651. The molecule has 4 nitrogen and oxygen atoms in total. The molecule has 2 aromatic rings. The molecule has 0 aliphatic heterocycles. The predicted octanol–water partition coefficient (Wildman–Crippen LogP) is 3.42. The maximum absolute atomic E-state index is 11.7. The lowest BCUT2D eigenvalue weighted by Gasteiger charge is -2.14. The average molecular weight is 270 g/mol. The quantitative estimate of drug-likeness (QED) is 0.662. The third-order valence-corrected chi connectivity index (χ3v) is 3.33. The molecule has 0 spiro atoms. The van der Waals surface area contributed by atoms with E-state index < -0.39 is 0 Å². The Kier molecular flexibility index (Phi) is 3.94. The van der Waals surface area contributed by atoms with Gasteiger partial charge in [0.05, 0.1) is 24.0 Å². The minimum absolute atomic E-state index is 0.344. The molecule has 0 fully saturated rings. The summed E-state index contributed by atoms with van der Waals surface area (Å²) in [6, 6.07) is 11.3. The third kappa shape index (κ3) is 2.59. The van der Waals surface area contributed by atoms with Crippen molar-refractivity contribution in [1.82, 2.24) is 0 Å². The topological polar surface area (TPSA) is 64.3 Å². The number of nitrogen functional groups attached to an aromatic ring is 1. The number of methoxy groups -OCH3 is 1. The summed E-state index contributed by atoms with van der Waals surface area (Å²) in [6.07, 6.45) is 0. The van der Waals surface area contributed by atoms with Gasteiger partial charge in [0.1, 0.15) is 0 Å². The second-order valence-corrected chi connectivity index (χ2v) is 4.63. The number of rotatable bonds is 3. The van der Waals surface area contributed by atoms with Crippen LogP contribution in [0.4, 0.5) is 17.1 Å². The number of hydrogen-bond acceptors (Lipinski definition) is 4. The van der Waals surface area contributed by atoms with Gasteiger partial charge >= 0.3 is 5.97 Å². The van der Waals surface area contributed by atoms with Crippen molar-refractivity contribution >= 4 is 23.0 Å². The smallest absolute Gasteiger partial charge is 0.338 e. The molecular weight excluding hydrogens is 252 g/mol. The molecule has 0 unspecified atom stereocenters. The highest BCUT2D eigenvalue weighted by molar-refractivity contribution is 5.93. The highest BCUT2D eigenvalue weighted by Gasteiger charge is 2.12. The number of carbonyl (C=O) groups is 1. The van der Waals surface area contributed by atoms with E-state index in [9.17, 15) is 4.79 Å². The van der Waals surface area contributed by atoms with Gasteiger partial charge in [-0.25, -0.2) is 4.79 Å². The van der Waals surface area contributed by atoms with Crippen molar-refractivity contribution in [1.29, 1.82) is 0 Å². The van der Waals surface area contributed by atoms with Gasteiger partial charge in [-0.2, -0.15) is 0 Å². The van der Waals surface area contributed by atoms with E-state index in [1.165, 1.54) is 7.11 Å². The molecule has 0 aliphatic rings. The van der Waals surface area contributed by atoms with Crippen molar-refractivity contribution < 1.29 is 9.53 Å². The van der Waals surface area contributed by atoms with E-state index >= 15 is 0 Å². The van der Waals surface area contributed by atoms with Gasteiger partial charge in [-0.15, -0.1) is 0 Å². The fraction of sp³-hybridized carbons (Fsp3) is 0.188. The Morgan fingerprint density at radius 2 is 1.75 bits per heavy atom. The molecule has 4 heteroatoms. The normalized spacial score (nSPS) is 10.2. The van der Waals surface area contributed by atoms with Crippen LogP contribution < -0.4 is 11.1 Å². The van der Waals surface area contributed by atoms with Crippen molar-refractivity contribution in [3.05, 3.63) is 53.1 Å². The van der Waals surface area contributed by atoms with Crippen molar-refractivity contribution in [3.63, 3.8) is 0 Å². The maximum atomic E-state index is 11.7. The summed E-state index contributed by atoms with van der Waals surface area (Å²) in [5.41, 5.74) is 10.8. The third-order valence-electron chi connectivity index (χ3n) is 3.33. The molecule has 0 atom stereocenters. The van der Waals surface area contributed by atoms with Gasteiger partial charge in [0.15, 0.2) is 0 Å². The minimum atomic E-state index is -0.344. The lowest BCUT2D eigenvalue weighted by Crippen LogP contribution is -2.06. The first kappa shape index (κ1) is 13.9. The van der Waals surface area contributed by atoms with E-state index in [2.05, 4.69) is 5.32 Å². The molecule has 0 saturated heterocycles. The van der Waals surface area contributed by atoms with Gasteiger partial charge in [0, 0.05) is 5.69 Å². The molecule has 0 bridgehead atoms. The summed E-state index contributed by atoms with van der Waals surface area (Å²) in [7, 11) is 1.38. The molecule has 0 radical (unpaired) electrons. The highest BCUT2D eigenvalue weighted by Crippen LogP contribution is 2.28. The van der Waals surface area contributed by atoms with E-state index in [-0.39, 0.29) is 5.97 Å². The zero-order chi connectivity index (χ0) is 14.7. The van der Waals surface area contributed by atoms with Gasteiger partial charge < -0.3 is 15.8 Å². The second-order valence-electron chi connectivity index (χ2n) is 4.63. The largest absolute Gasteiger partial charge is 0.465 e. The van der Waals surface area contributed by atoms with Crippen LogP contribution in [-0.2, 0) is 4.74 Å². The van der Waals surface area contributed by atoms with Crippen LogP contribution >= 0.6 is 0 Å². The first-order valence-corrected chi connectivity index (χ1v) is 6.34. The zero-order valence-corrected chi connectivity index (χ0v) is 11.9. The number of ether oxygens (including phenoxy) is 1. The van der Waals surface area contributed by atoms with Gasteiger partial charge in [-0.1, -0.05) is 18.2 Å². The molecular formula is C16H18N2O2. The van der Waals surface area contributed by atoms with Crippen LogP contribution in [0.25, 0.3) is 0 Å². The zero-order valence-electron chi connectivity index (χ0n) is 11.9. The summed E-state index contributed by atoms with van der Waals surface area (Å²) < 4.78 is 4.77. The lowest BCUT2D eigenvalue weighted by atomic mass is 10.1. The summed E-state index contributed by atoms with van der Waals surface area (Å²) in [6.45, 7) is 3.83. The Hall–Kier alpha value is -2.49. The van der Waals surface area contributed by atoms with Gasteiger partial charge in [-0.3, -0.25) is 0 Å². The number of nitrogens with one attached hydrogen (secondary N) is 1.